The van der Waals surface area contributed by atoms with Gasteiger partial charge in [0.25, 0.3) is 5.91 Å². The second-order valence-corrected chi connectivity index (χ2v) is 9.45. The predicted octanol–water partition coefficient (Wildman–Crippen LogP) is 3.04. The Hall–Kier alpha value is -3.55. The number of nitrogens with one attached hydrogen (secondary N) is 1. The Balaban J connectivity index is 1.27. The van der Waals surface area contributed by atoms with Crippen LogP contribution in [0, 0.1) is 5.92 Å². The first-order chi connectivity index (χ1) is 17.5. The summed E-state index contributed by atoms with van der Waals surface area (Å²) in [5, 5.41) is 2.96. The van der Waals surface area contributed by atoms with Crippen LogP contribution in [0.3, 0.4) is 0 Å². The van der Waals surface area contributed by atoms with E-state index >= 15 is 0 Å². The average molecular weight is 494 g/mol. The summed E-state index contributed by atoms with van der Waals surface area (Å²) in [5.41, 5.74) is 2.56. The molecule has 8 nitrogen and oxygen atoms in total. The molecule has 0 aromatic heterocycles. The molecule has 1 atom stereocenters. The summed E-state index contributed by atoms with van der Waals surface area (Å²) in [7, 11) is 3.19. The van der Waals surface area contributed by atoms with E-state index in [1.807, 2.05) is 47.4 Å². The van der Waals surface area contributed by atoms with Crippen molar-refractivity contribution < 1.29 is 23.9 Å². The van der Waals surface area contributed by atoms with Crippen molar-refractivity contribution in [3.05, 3.63) is 59.2 Å². The lowest BCUT2D eigenvalue weighted by Crippen LogP contribution is -2.35. The van der Waals surface area contributed by atoms with E-state index in [1.54, 1.807) is 19.1 Å². The Morgan fingerprint density at radius 1 is 0.972 bits per heavy atom. The van der Waals surface area contributed by atoms with Crippen LogP contribution in [-0.2, 0) is 22.6 Å². The second kappa shape index (κ2) is 11.9. The van der Waals surface area contributed by atoms with E-state index in [4.69, 9.17) is 9.47 Å². The minimum atomic E-state index is -0.374. The molecule has 0 saturated carbocycles. The zero-order valence-corrected chi connectivity index (χ0v) is 21.1. The molecule has 2 aromatic rings. The topological polar surface area (TPSA) is 88.2 Å². The highest BCUT2D eigenvalue weighted by Crippen LogP contribution is 2.28. The first-order valence-corrected chi connectivity index (χ1v) is 12.6. The number of likely N-dealkylation sites (tertiary alicyclic amines) is 2. The number of rotatable bonds is 9. The molecule has 192 valence electrons. The molecule has 0 spiro atoms. The molecule has 0 radical (unpaired) electrons. The van der Waals surface area contributed by atoms with E-state index in [9.17, 15) is 14.4 Å². The van der Waals surface area contributed by atoms with Gasteiger partial charge in [0.2, 0.25) is 11.8 Å². The molecule has 2 saturated heterocycles. The van der Waals surface area contributed by atoms with E-state index in [-0.39, 0.29) is 30.1 Å². The molecule has 2 aromatic carbocycles. The van der Waals surface area contributed by atoms with E-state index in [0.29, 0.717) is 43.1 Å². The number of nitrogens with zero attached hydrogens (tertiary/aromatic N) is 2. The van der Waals surface area contributed by atoms with Gasteiger partial charge in [0, 0.05) is 44.7 Å². The number of hydrogen-bond donors (Lipinski definition) is 1. The predicted molar refractivity (Wildman–Crippen MR) is 136 cm³/mol. The lowest BCUT2D eigenvalue weighted by molar-refractivity contribution is -0.129. The van der Waals surface area contributed by atoms with Crippen LogP contribution in [-0.4, -0.2) is 67.9 Å². The molecule has 0 bridgehead atoms. The van der Waals surface area contributed by atoms with E-state index in [0.717, 1.165) is 37.1 Å². The SMILES string of the molecule is COc1ccc(CCN2CC(C(=O)NCc3cccc(C(=O)N4CCCCC4)c3)CC2=O)cc1OC. The number of methoxy groups -OCH3 is 2. The van der Waals surface area contributed by atoms with Crippen molar-refractivity contribution in [2.75, 3.05) is 40.4 Å². The zero-order chi connectivity index (χ0) is 25.5. The highest BCUT2D eigenvalue weighted by atomic mass is 16.5. The minimum Gasteiger partial charge on any atom is -0.493 e. The number of carbonyl (C=O) groups excluding carboxylic acids is 3. The van der Waals surface area contributed by atoms with Gasteiger partial charge in [-0.05, 0) is 61.1 Å². The van der Waals surface area contributed by atoms with Gasteiger partial charge in [-0.3, -0.25) is 14.4 Å². The number of benzene rings is 2. The number of hydrogen-bond acceptors (Lipinski definition) is 5. The summed E-state index contributed by atoms with van der Waals surface area (Å²) < 4.78 is 10.6. The van der Waals surface area contributed by atoms with Crippen molar-refractivity contribution in [2.24, 2.45) is 5.92 Å². The molecular formula is C28H35N3O5. The van der Waals surface area contributed by atoms with Crippen molar-refractivity contribution >= 4 is 17.7 Å². The van der Waals surface area contributed by atoms with Crippen molar-refractivity contribution in [1.29, 1.82) is 0 Å². The Labute approximate surface area is 212 Å². The number of piperidine rings is 1. The van der Waals surface area contributed by atoms with Gasteiger partial charge in [-0.25, -0.2) is 0 Å². The van der Waals surface area contributed by atoms with Gasteiger partial charge >= 0.3 is 0 Å². The maximum Gasteiger partial charge on any atom is 0.253 e. The third-order valence-corrected chi connectivity index (χ3v) is 6.99. The average Bonchev–Trinajstić information content (AvgIpc) is 3.30. The van der Waals surface area contributed by atoms with Gasteiger partial charge in [0.05, 0.1) is 20.1 Å². The number of ether oxygens (including phenoxy) is 2. The van der Waals surface area contributed by atoms with Crippen molar-refractivity contribution in [3.8, 4) is 11.5 Å². The third-order valence-electron chi connectivity index (χ3n) is 6.99. The fourth-order valence-corrected chi connectivity index (χ4v) is 4.89. The Kier molecular flexibility index (Phi) is 8.46. The first-order valence-electron chi connectivity index (χ1n) is 12.6. The lowest BCUT2D eigenvalue weighted by Gasteiger charge is -2.26. The van der Waals surface area contributed by atoms with Crippen LogP contribution in [0.2, 0.25) is 0 Å². The minimum absolute atomic E-state index is 0.00949. The van der Waals surface area contributed by atoms with Crippen LogP contribution in [0.1, 0.15) is 47.2 Å². The molecule has 1 unspecified atom stereocenters. The fourth-order valence-electron chi connectivity index (χ4n) is 4.89. The molecule has 36 heavy (non-hydrogen) atoms. The smallest absolute Gasteiger partial charge is 0.253 e. The summed E-state index contributed by atoms with van der Waals surface area (Å²) >= 11 is 0. The van der Waals surface area contributed by atoms with Crippen molar-refractivity contribution in [1.82, 2.24) is 15.1 Å². The van der Waals surface area contributed by atoms with E-state index in [2.05, 4.69) is 5.32 Å². The van der Waals surface area contributed by atoms with Crippen molar-refractivity contribution in [3.63, 3.8) is 0 Å². The fraction of sp³-hybridized carbons (Fsp3) is 0.464. The molecule has 4 rings (SSSR count). The van der Waals surface area contributed by atoms with E-state index in [1.165, 1.54) is 6.42 Å². The maximum atomic E-state index is 12.8. The second-order valence-electron chi connectivity index (χ2n) is 9.45. The maximum absolute atomic E-state index is 12.8. The highest BCUT2D eigenvalue weighted by Gasteiger charge is 2.34. The Morgan fingerprint density at radius 2 is 1.75 bits per heavy atom. The molecule has 0 aliphatic carbocycles. The molecule has 1 N–H and O–H groups in total. The summed E-state index contributed by atoms with van der Waals surface area (Å²) in [6.45, 7) is 2.89. The summed E-state index contributed by atoms with van der Waals surface area (Å²) in [6.07, 6.45) is 4.15. The van der Waals surface area contributed by atoms with Crippen LogP contribution in [0.25, 0.3) is 0 Å². The van der Waals surface area contributed by atoms with Gasteiger partial charge in [-0.2, -0.15) is 0 Å². The van der Waals surface area contributed by atoms with Gasteiger partial charge in [-0.1, -0.05) is 18.2 Å². The van der Waals surface area contributed by atoms with Gasteiger partial charge in [0.1, 0.15) is 0 Å². The Bertz CT molecular complexity index is 1100. The normalized spacial score (nSPS) is 17.7. The summed E-state index contributed by atoms with van der Waals surface area (Å²) in [6, 6.07) is 13.2. The quantitative estimate of drug-likeness (QED) is 0.580. The van der Waals surface area contributed by atoms with Gasteiger partial charge in [-0.15, -0.1) is 0 Å². The molecule has 2 fully saturated rings. The zero-order valence-electron chi connectivity index (χ0n) is 21.1. The van der Waals surface area contributed by atoms with E-state index < -0.39 is 0 Å². The van der Waals surface area contributed by atoms with Crippen LogP contribution in [0.4, 0.5) is 0 Å². The molecule has 2 aliphatic heterocycles. The largest absolute Gasteiger partial charge is 0.493 e. The molecule has 2 heterocycles. The molecular weight excluding hydrogens is 458 g/mol. The van der Waals surface area contributed by atoms with Gasteiger partial charge in [0.15, 0.2) is 11.5 Å². The molecule has 8 heteroatoms. The number of amides is 3. The highest BCUT2D eigenvalue weighted by molar-refractivity contribution is 5.94. The monoisotopic (exact) mass is 493 g/mol. The molecule has 2 aliphatic rings. The Morgan fingerprint density at radius 3 is 2.50 bits per heavy atom. The van der Waals surface area contributed by atoms with Crippen LogP contribution in [0.15, 0.2) is 42.5 Å². The lowest BCUT2D eigenvalue weighted by atomic mass is 10.1. The third kappa shape index (κ3) is 6.17. The van der Waals surface area contributed by atoms with Crippen molar-refractivity contribution in [2.45, 2.75) is 38.6 Å². The van der Waals surface area contributed by atoms with Crippen LogP contribution in [0.5, 0.6) is 11.5 Å². The van der Waals surface area contributed by atoms with Gasteiger partial charge < -0.3 is 24.6 Å². The standard InChI is InChI=1S/C28H35N3O5/c1-35-24-10-9-20(16-25(24)36-2)11-14-31-19-23(17-26(31)32)27(33)29-18-21-7-6-8-22(15-21)28(34)30-12-4-3-5-13-30/h6-10,15-16,23H,3-5,11-14,17-19H2,1-2H3,(H,29,33). The van der Waals surface area contributed by atoms with Crippen LogP contribution < -0.4 is 14.8 Å². The van der Waals surface area contributed by atoms with Crippen LogP contribution >= 0.6 is 0 Å². The molecule has 3 amide bonds. The summed E-state index contributed by atoms with van der Waals surface area (Å²) in [4.78, 5) is 41.8. The summed E-state index contributed by atoms with van der Waals surface area (Å²) in [5.74, 6) is 0.850. The number of carbonyl (C=O) groups is 3. The first kappa shape index (κ1) is 25.5.